The molecule has 1 fully saturated rings. The van der Waals surface area contributed by atoms with Crippen LogP contribution in [0, 0.1) is 0 Å². The monoisotopic (exact) mass is 417 g/mol. The quantitative estimate of drug-likeness (QED) is 0.450. The highest BCUT2D eigenvalue weighted by molar-refractivity contribution is 5.91. The van der Waals surface area contributed by atoms with Crippen molar-refractivity contribution >= 4 is 12.0 Å². The smallest absolute Gasteiger partial charge is 0.246 e. The molecule has 0 radical (unpaired) electrons. The summed E-state index contributed by atoms with van der Waals surface area (Å²) in [6, 6.07) is 9.54. The number of benzene rings is 1. The van der Waals surface area contributed by atoms with Gasteiger partial charge in [-0.05, 0) is 11.6 Å². The van der Waals surface area contributed by atoms with E-state index in [2.05, 4.69) is 4.98 Å². The van der Waals surface area contributed by atoms with Crippen LogP contribution in [0.5, 0.6) is 0 Å². The van der Waals surface area contributed by atoms with Gasteiger partial charge in [0.2, 0.25) is 5.91 Å². The normalized spacial score (nSPS) is 26.8. The average molecular weight is 417 g/mol. The van der Waals surface area contributed by atoms with E-state index in [-0.39, 0.29) is 5.91 Å². The van der Waals surface area contributed by atoms with E-state index in [0.717, 1.165) is 5.56 Å². The molecule has 30 heavy (non-hydrogen) atoms. The van der Waals surface area contributed by atoms with Gasteiger partial charge >= 0.3 is 0 Å². The van der Waals surface area contributed by atoms with E-state index in [9.17, 15) is 25.2 Å². The standard InChI is InChI=1S/C21H27N3O6/c1-23(17(26)8-7-14-5-3-2-4-6-14)10-9-15-11-24(13-22-15)21-20(29)19(28)18(27)16(12-25)30-21/h2-8,11,13,16,18-21,25,27-29H,9-10,12H2,1H3/b8-7+. The molecule has 1 aliphatic heterocycles. The minimum atomic E-state index is -1.45. The maximum absolute atomic E-state index is 12.3. The Morgan fingerprint density at radius 2 is 1.93 bits per heavy atom. The Morgan fingerprint density at radius 3 is 2.63 bits per heavy atom. The fourth-order valence-electron chi connectivity index (χ4n) is 3.23. The number of hydrogen-bond acceptors (Lipinski definition) is 7. The molecular weight excluding hydrogens is 390 g/mol. The number of aromatic nitrogens is 2. The fourth-order valence-corrected chi connectivity index (χ4v) is 3.23. The Morgan fingerprint density at radius 1 is 1.20 bits per heavy atom. The zero-order valence-corrected chi connectivity index (χ0v) is 16.7. The summed E-state index contributed by atoms with van der Waals surface area (Å²) >= 11 is 0. The van der Waals surface area contributed by atoms with Crippen LogP contribution in [0.2, 0.25) is 0 Å². The summed E-state index contributed by atoms with van der Waals surface area (Å²) in [6.07, 6.45) is 0.621. The number of nitrogens with zero attached hydrogens (tertiary/aromatic N) is 3. The predicted molar refractivity (Wildman–Crippen MR) is 108 cm³/mol. The molecular formula is C21H27N3O6. The Bertz CT molecular complexity index is 853. The van der Waals surface area contributed by atoms with Crippen molar-refractivity contribution in [2.45, 2.75) is 37.1 Å². The van der Waals surface area contributed by atoms with Crippen molar-refractivity contribution in [2.24, 2.45) is 0 Å². The van der Waals surface area contributed by atoms with Crippen molar-refractivity contribution in [3.8, 4) is 0 Å². The van der Waals surface area contributed by atoms with Gasteiger partial charge < -0.3 is 34.6 Å². The lowest BCUT2D eigenvalue weighted by atomic mass is 9.98. The predicted octanol–water partition coefficient (Wildman–Crippen LogP) is -0.430. The third kappa shape index (κ3) is 5.13. The van der Waals surface area contributed by atoms with Gasteiger partial charge in [-0.3, -0.25) is 4.79 Å². The minimum absolute atomic E-state index is 0.132. The lowest BCUT2D eigenvalue weighted by molar-refractivity contribution is -0.251. The fraction of sp³-hybridized carbons (Fsp3) is 0.429. The second kappa shape index (κ2) is 9.96. The van der Waals surface area contributed by atoms with Gasteiger partial charge in [-0.25, -0.2) is 4.98 Å². The number of ether oxygens (including phenoxy) is 1. The van der Waals surface area contributed by atoms with Crippen LogP contribution >= 0.6 is 0 Å². The zero-order chi connectivity index (χ0) is 21.7. The second-order valence-corrected chi connectivity index (χ2v) is 7.29. The van der Waals surface area contributed by atoms with E-state index >= 15 is 0 Å². The first-order valence-electron chi connectivity index (χ1n) is 9.71. The molecule has 2 heterocycles. The zero-order valence-electron chi connectivity index (χ0n) is 16.7. The molecule has 1 saturated heterocycles. The molecule has 162 valence electrons. The van der Waals surface area contributed by atoms with Crippen molar-refractivity contribution < 1.29 is 30.0 Å². The largest absolute Gasteiger partial charge is 0.394 e. The van der Waals surface area contributed by atoms with Crippen LogP contribution in [-0.2, 0) is 16.0 Å². The molecule has 9 nitrogen and oxygen atoms in total. The number of imidazole rings is 1. The van der Waals surface area contributed by atoms with Gasteiger partial charge in [-0.2, -0.15) is 0 Å². The molecule has 5 atom stereocenters. The topological polar surface area (TPSA) is 128 Å². The molecule has 0 spiro atoms. The van der Waals surface area contributed by atoms with Crippen molar-refractivity contribution in [1.82, 2.24) is 14.5 Å². The van der Waals surface area contributed by atoms with E-state index in [4.69, 9.17) is 4.74 Å². The maximum atomic E-state index is 12.3. The number of carbonyl (C=O) groups is 1. The number of aliphatic hydroxyl groups excluding tert-OH is 4. The molecule has 0 aliphatic carbocycles. The van der Waals surface area contributed by atoms with Crippen molar-refractivity contribution in [3.05, 3.63) is 60.2 Å². The van der Waals surface area contributed by atoms with Gasteiger partial charge in [0.25, 0.3) is 0 Å². The average Bonchev–Trinajstić information content (AvgIpc) is 3.24. The van der Waals surface area contributed by atoms with Gasteiger partial charge in [-0.1, -0.05) is 30.3 Å². The van der Waals surface area contributed by atoms with Crippen LogP contribution < -0.4 is 0 Å². The third-order valence-corrected chi connectivity index (χ3v) is 5.11. The van der Waals surface area contributed by atoms with Crippen LogP contribution in [-0.4, -0.2) is 85.4 Å². The Balaban J connectivity index is 1.56. The van der Waals surface area contributed by atoms with Crippen molar-refractivity contribution in [1.29, 1.82) is 0 Å². The van der Waals surface area contributed by atoms with Crippen LogP contribution in [0.25, 0.3) is 6.08 Å². The molecule has 5 unspecified atom stereocenters. The number of hydrogen-bond donors (Lipinski definition) is 4. The maximum Gasteiger partial charge on any atom is 0.246 e. The molecule has 4 N–H and O–H groups in total. The second-order valence-electron chi connectivity index (χ2n) is 7.29. The molecule has 0 saturated carbocycles. The molecule has 1 aromatic carbocycles. The van der Waals surface area contributed by atoms with Gasteiger partial charge in [0.05, 0.1) is 18.6 Å². The van der Waals surface area contributed by atoms with Gasteiger partial charge in [0, 0.05) is 32.3 Å². The molecule has 1 amide bonds. The highest BCUT2D eigenvalue weighted by atomic mass is 16.6. The van der Waals surface area contributed by atoms with Crippen LogP contribution in [0.15, 0.2) is 48.9 Å². The van der Waals surface area contributed by atoms with Crippen molar-refractivity contribution in [3.63, 3.8) is 0 Å². The van der Waals surface area contributed by atoms with Crippen LogP contribution in [0.1, 0.15) is 17.5 Å². The highest BCUT2D eigenvalue weighted by Crippen LogP contribution is 2.28. The number of carbonyl (C=O) groups excluding carboxylic acids is 1. The molecule has 9 heteroatoms. The number of likely N-dealkylation sites (N-methyl/N-ethyl adjacent to an activating group) is 1. The van der Waals surface area contributed by atoms with E-state index < -0.39 is 37.3 Å². The van der Waals surface area contributed by atoms with E-state index in [0.29, 0.717) is 18.7 Å². The van der Waals surface area contributed by atoms with E-state index in [1.54, 1.807) is 24.2 Å². The Labute approximate surface area is 174 Å². The number of aliphatic hydroxyl groups is 4. The third-order valence-electron chi connectivity index (χ3n) is 5.11. The molecule has 1 aromatic heterocycles. The summed E-state index contributed by atoms with van der Waals surface area (Å²) in [5, 5.41) is 39.3. The molecule has 1 aliphatic rings. The summed E-state index contributed by atoms with van der Waals surface area (Å²) in [6.45, 7) is -0.0595. The summed E-state index contributed by atoms with van der Waals surface area (Å²) in [5.41, 5.74) is 1.61. The molecule has 0 bridgehead atoms. The van der Waals surface area contributed by atoms with Gasteiger partial charge in [0.1, 0.15) is 24.4 Å². The first-order valence-corrected chi connectivity index (χ1v) is 9.71. The summed E-state index contributed by atoms with van der Waals surface area (Å²) < 4.78 is 6.99. The minimum Gasteiger partial charge on any atom is -0.394 e. The Kier molecular flexibility index (Phi) is 7.35. The first-order chi connectivity index (χ1) is 14.4. The van der Waals surface area contributed by atoms with Gasteiger partial charge in [-0.15, -0.1) is 0 Å². The van der Waals surface area contributed by atoms with Gasteiger partial charge in [0.15, 0.2) is 6.23 Å². The van der Waals surface area contributed by atoms with Crippen LogP contribution in [0.4, 0.5) is 0 Å². The molecule has 3 rings (SSSR count). The van der Waals surface area contributed by atoms with Crippen molar-refractivity contribution in [2.75, 3.05) is 20.2 Å². The SMILES string of the molecule is CN(CCc1cn(C2OC(CO)C(O)C(O)C2O)cn1)C(=O)/C=C/c1ccccc1. The lowest BCUT2D eigenvalue weighted by Gasteiger charge is -2.40. The lowest BCUT2D eigenvalue weighted by Crippen LogP contribution is -2.56. The highest BCUT2D eigenvalue weighted by Gasteiger charge is 2.44. The van der Waals surface area contributed by atoms with Crippen LogP contribution in [0.3, 0.4) is 0 Å². The van der Waals surface area contributed by atoms with E-state index in [1.165, 1.54) is 17.0 Å². The Hall–Kier alpha value is -2.56. The summed E-state index contributed by atoms with van der Waals surface area (Å²) in [5.74, 6) is -0.132. The van der Waals surface area contributed by atoms with E-state index in [1.807, 2.05) is 30.3 Å². The molecule has 2 aromatic rings. The number of rotatable bonds is 7. The first kappa shape index (κ1) is 22.1. The summed E-state index contributed by atoms with van der Waals surface area (Å²) in [4.78, 5) is 18.1. The number of amides is 1. The summed E-state index contributed by atoms with van der Waals surface area (Å²) in [7, 11) is 1.70.